The highest BCUT2D eigenvalue weighted by Gasteiger charge is 2.16. The van der Waals surface area contributed by atoms with Gasteiger partial charge in [0.05, 0.1) is 6.04 Å². The molecule has 20 heavy (non-hydrogen) atoms. The van der Waals surface area contributed by atoms with E-state index >= 15 is 0 Å². The summed E-state index contributed by atoms with van der Waals surface area (Å²) in [5, 5.41) is 7.02. The summed E-state index contributed by atoms with van der Waals surface area (Å²) in [5.41, 5.74) is -0.282. The second-order valence-corrected chi connectivity index (χ2v) is 5.25. The molecule has 3 nitrogen and oxygen atoms in total. The van der Waals surface area contributed by atoms with E-state index in [1.165, 1.54) is 18.4 Å². The van der Waals surface area contributed by atoms with Crippen molar-refractivity contribution in [2.24, 2.45) is 0 Å². The Morgan fingerprint density at radius 1 is 1.30 bits per heavy atom. The molecular formula is C14H14F2N2OS. The molecule has 1 amide bonds. The number of hydrogen-bond donors (Lipinski definition) is 2. The molecule has 6 heteroatoms. The molecule has 0 aliphatic heterocycles. The number of benzene rings is 1. The second kappa shape index (κ2) is 6.00. The van der Waals surface area contributed by atoms with Crippen LogP contribution < -0.4 is 10.6 Å². The number of halogens is 2. The van der Waals surface area contributed by atoms with Gasteiger partial charge in [-0.3, -0.25) is 4.79 Å². The molecule has 1 heterocycles. The molecule has 2 aromatic rings. The number of thiophene rings is 1. The molecule has 0 bridgehead atoms. The number of nitrogens with one attached hydrogen (secondary N) is 2. The maximum absolute atomic E-state index is 13.6. The van der Waals surface area contributed by atoms with Crippen molar-refractivity contribution in [1.82, 2.24) is 5.32 Å². The molecule has 0 saturated heterocycles. The zero-order valence-electron chi connectivity index (χ0n) is 11.0. The molecule has 0 aliphatic rings. The van der Waals surface area contributed by atoms with Crippen LogP contribution in [0.5, 0.6) is 0 Å². The summed E-state index contributed by atoms with van der Waals surface area (Å²) >= 11 is 1.51. The van der Waals surface area contributed by atoms with Crippen LogP contribution in [0.3, 0.4) is 0 Å². The Balaban J connectivity index is 2.17. The summed E-state index contributed by atoms with van der Waals surface area (Å²) in [6.07, 6.45) is 0. The Morgan fingerprint density at radius 2 is 1.95 bits per heavy atom. The highest BCUT2D eigenvalue weighted by atomic mass is 32.1. The Labute approximate surface area is 119 Å². The van der Waals surface area contributed by atoms with E-state index in [2.05, 4.69) is 10.6 Å². The van der Waals surface area contributed by atoms with E-state index < -0.39 is 17.5 Å². The Morgan fingerprint density at radius 3 is 2.45 bits per heavy atom. The van der Waals surface area contributed by atoms with Crippen molar-refractivity contribution in [1.29, 1.82) is 0 Å². The molecule has 106 valence electrons. The minimum absolute atomic E-state index is 0.0394. The molecule has 2 rings (SSSR count). The van der Waals surface area contributed by atoms with Gasteiger partial charge in [-0.05, 0) is 30.5 Å². The number of rotatable bonds is 4. The monoisotopic (exact) mass is 296 g/mol. The van der Waals surface area contributed by atoms with Gasteiger partial charge in [0.2, 0.25) is 0 Å². The summed E-state index contributed by atoms with van der Waals surface area (Å²) in [6.45, 7) is 1.82. The molecule has 0 aliphatic carbocycles. The van der Waals surface area contributed by atoms with Crippen LogP contribution in [0.1, 0.15) is 28.2 Å². The first-order valence-electron chi connectivity index (χ1n) is 6.04. The fourth-order valence-corrected chi connectivity index (χ4v) is 2.57. The summed E-state index contributed by atoms with van der Waals surface area (Å²) in [6, 6.07) is 5.60. The molecule has 1 atom stereocenters. The van der Waals surface area contributed by atoms with Gasteiger partial charge in [0.15, 0.2) is 0 Å². The van der Waals surface area contributed by atoms with Gasteiger partial charge in [0, 0.05) is 17.5 Å². The molecule has 1 unspecified atom stereocenters. The van der Waals surface area contributed by atoms with E-state index in [4.69, 9.17) is 0 Å². The molecule has 1 aromatic heterocycles. The van der Waals surface area contributed by atoms with Gasteiger partial charge in [0.1, 0.15) is 17.3 Å². The minimum Gasteiger partial charge on any atom is -0.383 e. The summed E-state index contributed by atoms with van der Waals surface area (Å²) in [7, 11) is 1.42. The molecule has 1 aromatic carbocycles. The van der Waals surface area contributed by atoms with Gasteiger partial charge in [-0.15, -0.1) is 11.3 Å². The Bertz CT molecular complexity index is 591. The van der Waals surface area contributed by atoms with Crippen LogP contribution in [0.25, 0.3) is 0 Å². The van der Waals surface area contributed by atoms with Gasteiger partial charge in [0.25, 0.3) is 5.91 Å². The number of amides is 1. The van der Waals surface area contributed by atoms with Crippen LogP contribution in [0.15, 0.2) is 29.6 Å². The zero-order valence-corrected chi connectivity index (χ0v) is 11.9. The first kappa shape index (κ1) is 14.5. The van der Waals surface area contributed by atoms with Crippen LogP contribution in [-0.4, -0.2) is 13.0 Å². The van der Waals surface area contributed by atoms with Gasteiger partial charge in [-0.2, -0.15) is 0 Å². The Hall–Kier alpha value is -1.95. The number of anilines is 1. The van der Waals surface area contributed by atoms with Crippen LogP contribution in [0.4, 0.5) is 14.5 Å². The van der Waals surface area contributed by atoms with Gasteiger partial charge in [-0.1, -0.05) is 6.07 Å². The van der Waals surface area contributed by atoms with Crippen molar-refractivity contribution >= 4 is 22.9 Å². The average molecular weight is 296 g/mol. The SMILES string of the molecule is CNc1c(F)cc(C(=O)NC(C)c2cccs2)cc1F. The maximum atomic E-state index is 13.6. The molecule has 2 N–H and O–H groups in total. The lowest BCUT2D eigenvalue weighted by Gasteiger charge is -2.13. The van der Waals surface area contributed by atoms with Crippen molar-refractivity contribution in [2.45, 2.75) is 13.0 Å². The predicted molar refractivity (Wildman–Crippen MR) is 76.1 cm³/mol. The quantitative estimate of drug-likeness (QED) is 0.905. The van der Waals surface area contributed by atoms with E-state index in [1.807, 2.05) is 24.4 Å². The summed E-state index contributed by atoms with van der Waals surface area (Å²) < 4.78 is 27.2. The smallest absolute Gasteiger partial charge is 0.251 e. The zero-order chi connectivity index (χ0) is 14.7. The number of carbonyl (C=O) groups is 1. The lowest BCUT2D eigenvalue weighted by Crippen LogP contribution is -2.26. The first-order valence-corrected chi connectivity index (χ1v) is 6.92. The summed E-state index contributed by atoms with van der Waals surface area (Å²) in [5.74, 6) is -2.09. The lowest BCUT2D eigenvalue weighted by atomic mass is 10.1. The number of hydrogen-bond acceptors (Lipinski definition) is 3. The van der Waals surface area contributed by atoms with Crippen LogP contribution >= 0.6 is 11.3 Å². The Kier molecular flexibility index (Phi) is 4.34. The normalized spacial score (nSPS) is 12.0. The highest BCUT2D eigenvalue weighted by Crippen LogP contribution is 2.22. The van der Waals surface area contributed by atoms with Gasteiger partial charge >= 0.3 is 0 Å². The van der Waals surface area contributed by atoms with E-state index in [1.54, 1.807) is 0 Å². The van der Waals surface area contributed by atoms with Crippen molar-refractivity contribution in [3.05, 3.63) is 51.7 Å². The lowest BCUT2D eigenvalue weighted by molar-refractivity contribution is 0.0939. The van der Waals surface area contributed by atoms with Gasteiger partial charge < -0.3 is 10.6 Å². The minimum atomic E-state index is -0.790. The van der Waals surface area contributed by atoms with Crippen molar-refractivity contribution in [2.75, 3.05) is 12.4 Å². The first-order chi connectivity index (χ1) is 9.52. The predicted octanol–water partition coefficient (Wildman–Crippen LogP) is 3.56. The van der Waals surface area contributed by atoms with Crippen molar-refractivity contribution in [3.63, 3.8) is 0 Å². The van der Waals surface area contributed by atoms with Crippen molar-refractivity contribution in [3.8, 4) is 0 Å². The van der Waals surface area contributed by atoms with Crippen LogP contribution in [0, 0.1) is 11.6 Å². The van der Waals surface area contributed by atoms with Crippen LogP contribution in [-0.2, 0) is 0 Å². The second-order valence-electron chi connectivity index (χ2n) is 4.28. The fraction of sp³-hybridized carbons (Fsp3) is 0.214. The number of carbonyl (C=O) groups excluding carboxylic acids is 1. The molecule has 0 spiro atoms. The van der Waals surface area contributed by atoms with E-state index in [0.717, 1.165) is 17.0 Å². The molecule has 0 fully saturated rings. The van der Waals surface area contributed by atoms with E-state index in [9.17, 15) is 13.6 Å². The third-order valence-electron chi connectivity index (χ3n) is 2.87. The molecular weight excluding hydrogens is 282 g/mol. The third-order valence-corrected chi connectivity index (χ3v) is 3.93. The van der Waals surface area contributed by atoms with E-state index in [0.29, 0.717) is 0 Å². The fourth-order valence-electron chi connectivity index (χ4n) is 1.83. The molecule has 0 radical (unpaired) electrons. The topological polar surface area (TPSA) is 41.1 Å². The van der Waals surface area contributed by atoms with E-state index in [-0.39, 0.29) is 17.3 Å². The van der Waals surface area contributed by atoms with Crippen LogP contribution in [0.2, 0.25) is 0 Å². The highest BCUT2D eigenvalue weighted by molar-refractivity contribution is 7.10. The third kappa shape index (κ3) is 2.96. The molecule has 0 saturated carbocycles. The van der Waals surface area contributed by atoms with Gasteiger partial charge in [-0.25, -0.2) is 8.78 Å². The standard InChI is InChI=1S/C14H14F2N2OS/c1-8(12-4-3-5-20-12)18-14(19)9-6-10(15)13(17-2)11(16)7-9/h3-8,17H,1-2H3,(H,18,19). The largest absolute Gasteiger partial charge is 0.383 e. The average Bonchev–Trinajstić information content (AvgIpc) is 2.92. The summed E-state index contributed by atoms with van der Waals surface area (Å²) in [4.78, 5) is 13.0. The van der Waals surface area contributed by atoms with Crippen molar-refractivity contribution < 1.29 is 13.6 Å². The maximum Gasteiger partial charge on any atom is 0.251 e.